The lowest BCUT2D eigenvalue weighted by molar-refractivity contribution is 0.416. The molecule has 0 aliphatic rings. The number of rotatable bonds is 2. The summed E-state index contributed by atoms with van der Waals surface area (Å²) in [6.45, 7) is 0. The Hall–Kier alpha value is -1.74. The van der Waals surface area contributed by atoms with Gasteiger partial charge in [-0.05, 0) is 29.8 Å². The second kappa shape index (κ2) is 4.63. The van der Waals surface area contributed by atoms with Crippen LogP contribution in [0.15, 0.2) is 36.4 Å². The van der Waals surface area contributed by atoms with E-state index in [1.807, 2.05) is 0 Å². The van der Waals surface area contributed by atoms with Gasteiger partial charge in [0.1, 0.15) is 11.6 Å². The summed E-state index contributed by atoms with van der Waals surface area (Å²) in [6.07, 6.45) is 0. The molecule has 0 fully saturated rings. The maximum Gasteiger partial charge on any atom is 0.130 e. The molecular weight excluding hydrogens is 241 g/mol. The molecule has 0 atom stereocenters. The minimum Gasteiger partial charge on any atom is -0.496 e. The molecule has 0 heterocycles. The van der Waals surface area contributed by atoms with Crippen LogP contribution in [0.5, 0.6) is 5.75 Å². The Morgan fingerprint density at radius 1 is 1.18 bits per heavy atom. The fourth-order valence-electron chi connectivity index (χ4n) is 1.69. The highest BCUT2D eigenvalue weighted by Gasteiger charge is 2.11. The molecule has 0 saturated heterocycles. The van der Waals surface area contributed by atoms with Crippen LogP contribution in [0.25, 0.3) is 11.1 Å². The van der Waals surface area contributed by atoms with Crippen molar-refractivity contribution in [1.29, 1.82) is 0 Å². The van der Waals surface area contributed by atoms with Crippen LogP contribution < -0.4 is 10.5 Å². The molecule has 0 aliphatic carbocycles. The Morgan fingerprint density at radius 2 is 1.82 bits per heavy atom. The van der Waals surface area contributed by atoms with Crippen LogP contribution in [0.2, 0.25) is 5.02 Å². The van der Waals surface area contributed by atoms with E-state index >= 15 is 0 Å². The Bertz CT molecular complexity index is 540. The van der Waals surface area contributed by atoms with E-state index in [2.05, 4.69) is 0 Å². The second-order valence-corrected chi connectivity index (χ2v) is 4.02. The number of methoxy groups -OCH3 is 1. The molecule has 0 aliphatic heterocycles. The Balaban J connectivity index is 2.61. The van der Waals surface area contributed by atoms with Crippen LogP contribution in [0, 0.1) is 5.82 Å². The number of halogens is 2. The van der Waals surface area contributed by atoms with Crippen molar-refractivity contribution in [2.45, 2.75) is 0 Å². The molecule has 88 valence electrons. The maximum atomic E-state index is 12.9. The van der Waals surface area contributed by atoms with Crippen LogP contribution in [-0.2, 0) is 0 Å². The van der Waals surface area contributed by atoms with E-state index < -0.39 is 0 Å². The fraction of sp³-hybridized carbons (Fsp3) is 0.0769. The summed E-state index contributed by atoms with van der Waals surface area (Å²) in [5.74, 6) is 0.279. The average Bonchev–Trinajstić information content (AvgIpc) is 2.30. The van der Waals surface area contributed by atoms with Gasteiger partial charge in [-0.2, -0.15) is 0 Å². The van der Waals surface area contributed by atoms with E-state index in [9.17, 15) is 4.39 Å². The van der Waals surface area contributed by atoms with Crippen molar-refractivity contribution in [2.75, 3.05) is 12.8 Å². The fourth-order valence-corrected chi connectivity index (χ4v) is 1.91. The molecule has 0 radical (unpaired) electrons. The van der Waals surface area contributed by atoms with Gasteiger partial charge in [0, 0.05) is 16.3 Å². The van der Waals surface area contributed by atoms with E-state index in [-0.39, 0.29) is 5.82 Å². The highest BCUT2D eigenvalue weighted by atomic mass is 35.5. The highest BCUT2D eigenvalue weighted by molar-refractivity contribution is 6.31. The number of hydrogen-bond acceptors (Lipinski definition) is 2. The van der Waals surface area contributed by atoms with Crippen molar-refractivity contribution >= 4 is 17.3 Å². The topological polar surface area (TPSA) is 35.2 Å². The van der Waals surface area contributed by atoms with Gasteiger partial charge in [0.2, 0.25) is 0 Å². The quantitative estimate of drug-likeness (QED) is 0.826. The second-order valence-electron chi connectivity index (χ2n) is 3.58. The van der Waals surface area contributed by atoms with Gasteiger partial charge in [-0.3, -0.25) is 0 Å². The highest BCUT2D eigenvalue weighted by Crippen LogP contribution is 2.37. The largest absolute Gasteiger partial charge is 0.496 e. The summed E-state index contributed by atoms with van der Waals surface area (Å²) in [6, 6.07) is 9.37. The third-order valence-corrected chi connectivity index (χ3v) is 2.67. The molecule has 17 heavy (non-hydrogen) atoms. The summed E-state index contributed by atoms with van der Waals surface area (Å²) in [4.78, 5) is 0. The van der Waals surface area contributed by atoms with Gasteiger partial charge in [0.05, 0.1) is 7.11 Å². The standard InChI is InChI=1S/C13H11ClFNO/c1-17-12-7-9(14)6-11(16)13(12)8-2-4-10(15)5-3-8/h2-7H,16H2,1H3. The van der Waals surface area contributed by atoms with Crippen LogP contribution in [0.1, 0.15) is 0 Å². The lowest BCUT2D eigenvalue weighted by Gasteiger charge is -2.12. The van der Waals surface area contributed by atoms with Crippen LogP contribution in [0.3, 0.4) is 0 Å². The molecule has 0 spiro atoms. The SMILES string of the molecule is COc1cc(Cl)cc(N)c1-c1ccc(F)cc1. The van der Waals surface area contributed by atoms with Crippen molar-refractivity contribution in [3.8, 4) is 16.9 Å². The van der Waals surface area contributed by atoms with Gasteiger partial charge in [-0.15, -0.1) is 0 Å². The summed E-state index contributed by atoms with van der Waals surface area (Å²) in [5.41, 5.74) is 7.92. The van der Waals surface area contributed by atoms with E-state index in [1.54, 1.807) is 24.3 Å². The van der Waals surface area contributed by atoms with E-state index in [1.165, 1.54) is 19.2 Å². The molecule has 2 aromatic rings. The number of nitrogen functional groups attached to an aromatic ring is 1. The predicted molar refractivity (Wildman–Crippen MR) is 67.8 cm³/mol. The summed E-state index contributed by atoms with van der Waals surface area (Å²) in [7, 11) is 1.54. The van der Waals surface area contributed by atoms with Crippen molar-refractivity contribution < 1.29 is 9.13 Å². The monoisotopic (exact) mass is 251 g/mol. The minimum atomic E-state index is -0.291. The molecule has 0 unspecified atom stereocenters. The third-order valence-electron chi connectivity index (χ3n) is 2.45. The molecule has 2 rings (SSSR count). The first-order chi connectivity index (χ1) is 8.11. The molecule has 2 aromatic carbocycles. The van der Waals surface area contributed by atoms with Gasteiger partial charge in [0.15, 0.2) is 0 Å². The molecule has 0 amide bonds. The average molecular weight is 252 g/mol. The van der Waals surface area contributed by atoms with E-state index in [4.69, 9.17) is 22.1 Å². The zero-order chi connectivity index (χ0) is 12.4. The van der Waals surface area contributed by atoms with Crippen molar-refractivity contribution in [3.05, 3.63) is 47.2 Å². The van der Waals surface area contributed by atoms with Crippen LogP contribution in [0.4, 0.5) is 10.1 Å². The summed E-state index contributed by atoms with van der Waals surface area (Å²) in [5, 5.41) is 0.505. The minimum absolute atomic E-state index is 0.291. The van der Waals surface area contributed by atoms with Crippen molar-refractivity contribution in [3.63, 3.8) is 0 Å². The molecule has 2 nitrogen and oxygen atoms in total. The molecule has 0 bridgehead atoms. The Labute approximate surface area is 104 Å². The van der Waals surface area contributed by atoms with Gasteiger partial charge in [-0.25, -0.2) is 4.39 Å². The normalized spacial score (nSPS) is 10.3. The Morgan fingerprint density at radius 3 is 2.41 bits per heavy atom. The first-order valence-corrected chi connectivity index (χ1v) is 5.38. The van der Waals surface area contributed by atoms with Gasteiger partial charge in [0.25, 0.3) is 0 Å². The Kier molecular flexibility index (Phi) is 3.20. The number of anilines is 1. The molecule has 4 heteroatoms. The summed E-state index contributed by atoms with van der Waals surface area (Å²) >= 11 is 5.89. The molecule has 2 N–H and O–H groups in total. The first kappa shape index (κ1) is 11.7. The maximum absolute atomic E-state index is 12.9. The van der Waals surface area contributed by atoms with Gasteiger partial charge in [-0.1, -0.05) is 23.7 Å². The lowest BCUT2D eigenvalue weighted by atomic mass is 10.0. The lowest BCUT2D eigenvalue weighted by Crippen LogP contribution is -1.95. The smallest absolute Gasteiger partial charge is 0.130 e. The van der Waals surface area contributed by atoms with Gasteiger partial charge >= 0.3 is 0 Å². The molecule has 0 aromatic heterocycles. The number of benzene rings is 2. The van der Waals surface area contributed by atoms with Crippen LogP contribution in [-0.4, -0.2) is 7.11 Å². The van der Waals surface area contributed by atoms with Gasteiger partial charge < -0.3 is 10.5 Å². The van der Waals surface area contributed by atoms with E-state index in [0.29, 0.717) is 16.5 Å². The number of ether oxygens (including phenoxy) is 1. The van der Waals surface area contributed by atoms with E-state index in [0.717, 1.165) is 11.1 Å². The predicted octanol–water partition coefficient (Wildman–Crippen LogP) is 3.74. The zero-order valence-electron chi connectivity index (χ0n) is 9.21. The van der Waals surface area contributed by atoms with Crippen molar-refractivity contribution in [2.24, 2.45) is 0 Å². The number of nitrogens with two attached hydrogens (primary N) is 1. The third kappa shape index (κ3) is 2.34. The zero-order valence-corrected chi connectivity index (χ0v) is 9.96. The summed E-state index contributed by atoms with van der Waals surface area (Å²) < 4.78 is 18.1. The molecular formula is C13H11ClFNO. The molecule has 0 saturated carbocycles. The van der Waals surface area contributed by atoms with Crippen molar-refractivity contribution in [1.82, 2.24) is 0 Å². The van der Waals surface area contributed by atoms with Crippen LogP contribution >= 0.6 is 11.6 Å². The first-order valence-electron chi connectivity index (χ1n) is 5.01. The number of hydrogen-bond donors (Lipinski definition) is 1.